The highest BCUT2D eigenvalue weighted by molar-refractivity contribution is 5.97. The first-order chi connectivity index (χ1) is 26.2. The van der Waals surface area contributed by atoms with Crippen LogP contribution in [0.1, 0.15) is 83.9 Å². The summed E-state index contributed by atoms with van der Waals surface area (Å²) in [4.78, 5) is 99.2. The molecule has 0 radical (unpaired) electrons. The van der Waals surface area contributed by atoms with Crippen LogP contribution in [-0.2, 0) is 46.4 Å². The molecule has 0 saturated carbocycles. The first-order valence-corrected chi connectivity index (χ1v) is 19.0. The van der Waals surface area contributed by atoms with Crippen molar-refractivity contribution < 1.29 is 38.7 Å². The van der Waals surface area contributed by atoms with Gasteiger partial charge in [-0.1, -0.05) is 64.4 Å². The summed E-state index contributed by atoms with van der Waals surface area (Å²) in [5.41, 5.74) is 7.51. The van der Waals surface area contributed by atoms with E-state index in [0.717, 1.165) is 18.4 Å². The Labute approximate surface area is 321 Å². The fourth-order valence-electron chi connectivity index (χ4n) is 6.14. The standard InChI is InChI=1S/C38H57N9O8/c1-5-23(4)32(38(55)44-27-13-9-10-16-41-34(27)51)47-35(52)28(14-15-31(48)49)43-37(54)30(19-25-20-40-21-42-25)46-36(53)29(17-22(2)3)45-33(50)26(39)18-24-11-7-6-8-12-24/h6-8,11-12,20-23,26-30,32H,5,9-10,13-19,39H2,1-4H3,(H,40,42)(H,41,51)(H,43,54)(H,44,55)(H,45,50)(H,46,53)(H,47,52)(H,48,49)/t23-,26-,27-,28+,29-,30-,32+/m0/s1. The SMILES string of the molecule is CC[C@H](C)[C@@H](NC(=O)[C@@H](CCC(=O)O)NC(=O)[C@H](Cc1cnc[nH]1)NC(=O)[C@H](CC(C)C)NC(=O)[C@@H](N)Cc1ccccc1)C(=O)N[C@H]1CCCCNC1=O. The molecule has 1 aliphatic heterocycles. The monoisotopic (exact) mass is 767 g/mol. The molecule has 1 fully saturated rings. The van der Waals surface area contributed by atoms with E-state index in [9.17, 15) is 38.7 Å². The average Bonchev–Trinajstić information content (AvgIpc) is 3.58. The Morgan fingerprint density at radius 2 is 1.53 bits per heavy atom. The third kappa shape index (κ3) is 14.8. The molecule has 2 aromatic rings. The van der Waals surface area contributed by atoms with Gasteiger partial charge in [-0.25, -0.2) is 4.98 Å². The second kappa shape index (κ2) is 22.2. The van der Waals surface area contributed by atoms with Crippen molar-refractivity contribution in [2.75, 3.05) is 6.54 Å². The first-order valence-electron chi connectivity index (χ1n) is 19.0. The van der Waals surface area contributed by atoms with Gasteiger partial charge in [0.1, 0.15) is 30.2 Å². The van der Waals surface area contributed by atoms with Crippen LogP contribution in [0, 0.1) is 11.8 Å². The molecule has 6 amide bonds. The highest BCUT2D eigenvalue weighted by Crippen LogP contribution is 2.13. The zero-order valence-corrected chi connectivity index (χ0v) is 32.1. The highest BCUT2D eigenvalue weighted by Gasteiger charge is 2.35. The second-order valence-corrected chi connectivity index (χ2v) is 14.5. The van der Waals surface area contributed by atoms with Crippen LogP contribution in [-0.4, -0.2) is 99.3 Å². The molecule has 10 N–H and O–H groups in total. The fraction of sp³-hybridized carbons (Fsp3) is 0.579. The van der Waals surface area contributed by atoms with Gasteiger partial charge in [-0.3, -0.25) is 33.6 Å². The number of nitrogens with zero attached hydrogens (tertiary/aromatic N) is 1. The zero-order chi connectivity index (χ0) is 40.5. The van der Waals surface area contributed by atoms with Crippen molar-refractivity contribution >= 4 is 41.4 Å². The van der Waals surface area contributed by atoms with Crippen LogP contribution in [0.5, 0.6) is 0 Å². The maximum atomic E-state index is 14.0. The lowest BCUT2D eigenvalue weighted by Crippen LogP contribution is -2.60. The number of H-pyrrole nitrogens is 1. The summed E-state index contributed by atoms with van der Waals surface area (Å²) in [6, 6.07) is 2.55. The molecule has 0 aliphatic carbocycles. The van der Waals surface area contributed by atoms with Crippen molar-refractivity contribution in [3.05, 3.63) is 54.1 Å². The van der Waals surface area contributed by atoms with Crippen molar-refractivity contribution in [1.29, 1.82) is 0 Å². The van der Waals surface area contributed by atoms with Crippen LogP contribution < -0.4 is 37.6 Å². The number of carbonyl (C=O) groups excluding carboxylic acids is 6. The summed E-state index contributed by atoms with van der Waals surface area (Å²) in [5, 5.41) is 25.7. The predicted octanol–water partition coefficient (Wildman–Crippen LogP) is 0.203. The van der Waals surface area contributed by atoms with E-state index in [1.807, 2.05) is 51.1 Å². The highest BCUT2D eigenvalue weighted by atomic mass is 16.4. The topological polar surface area (TPSA) is 267 Å². The molecule has 0 spiro atoms. The molecule has 17 nitrogen and oxygen atoms in total. The Morgan fingerprint density at radius 1 is 0.873 bits per heavy atom. The molecule has 55 heavy (non-hydrogen) atoms. The van der Waals surface area contributed by atoms with Gasteiger partial charge in [0.05, 0.1) is 12.4 Å². The van der Waals surface area contributed by atoms with Crippen molar-refractivity contribution in [3.63, 3.8) is 0 Å². The number of nitrogens with two attached hydrogens (primary N) is 1. The lowest BCUT2D eigenvalue weighted by molar-refractivity contribution is -0.139. The number of carboxylic acids is 1. The van der Waals surface area contributed by atoms with Gasteiger partial charge < -0.3 is 47.7 Å². The smallest absolute Gasteiger partial charge is 0.303 e. The van der Waals surface area contributed by atoms with Crippen molar-refractivity contribution in [3.8, 4) is 0 Å². The van der Waals surface area contributed by atoms with Crippen LogP contribution in [0.2, 0.25) is 0 Å². The minimum atomic E-state index is -1.42. The number of carboxylic acid groups (broad SMARTS) is 1. The molecule has 7 atom stereocenters. The van der Waals surface area contributed by atoms with Gasteiger partial charge in [0.2, 0.25) is 35.4 Å². The molecule has 1 aromatic heterocycles. The zero-order valence-electron chi connectivity index (χ0n) is 32.1. The van der Waals surface area contributed by atoms with E-state index in [-0.39, 0.29) is 37.5 Å². The molecule has 0 bridgehead atoms. The van der Waals surface area contributed by atoms with Gasteiger partial charge in [-0.15, -0.1) is 0 Å². The average molecular weight is 768 g/mol. The van der Waals surface area contributed by atoms with E-state index in [1.54, 1.807) is 6.92 Å². The largest absolute Gasteiger partial charge is 0.481 e. The first kappa shape index (κ1) is 44.1. The summed E-state index contributed by atoms with van der Waals surface area (Å²) in [7, 11) is 0. The number of rotatable bonds is 21. The van der Waals surface area contributed by atoms with E-state index >= 15 is 0 Å². The fourth-order valence-corrected chi connectivity index (χ4v) is 6.14. The molecule has 17 heteroatoms. The number of aliphatic carboxylic acids is 1. The van der Waals surface area contributed by atoms with Gasteiger partial charge in [0, 0.05) is 31.3 Å². The number of imidazole rings is 1. The Bertz CT molecular complexity index is 1590. The maximum absolute atomic E-state index is 14.0. The second-order valence-electron chi connectivity index (χ2n) is 14.5. The number of amides is 6. The van der Waals surface area contributed by atoms with E-state index in [0.29, 0.717) is 25.1 Å². The van der Waals surface area contributed by atoms with Crippen molar-refractivity contribution in [2.24, 2.45) is 17.6 Å². The molecule has 1 aliphatic rings. The predicted molar refractivity (Wildman–Crippen MR) is 203 cm³/mol. The summed E-state index contributed by atoms with van der Waals surface area (Å²) < 4.78 is 0. The molecule has 302 valence electrons. The van der Waals surface area contributed by atoms with E-state index < -0.39 is 84.1 Å². The molecular weight excluding hydrogens is 710 g/mol. The molecule has 1 aromatic carbocycles. The van der Waals surface area contributed by atoms with Crippen LogP contribution in [0.25, 0.3) is 0 Å². The van der Waals surface area contributed by atoms with E-state index in [4.69, 9.17) is 5.73 Å². The quantitative estimate of drug-likeness (QED) is 0.0833. The molecule has 3 rings (SSSR count). The Morgan fingerprint density at radius 3 is 2.16 bits per heavy atom. The summed E-state index contributed by atoms with van der Waals surface area (Å²) in [6.45, 7) is 7.82. The van der Waals surface area contributed by atoms with Gasteiger partial charge in [-0.2, -0.15) is 0 Å². The van der Waals surface area contributed by atoms with Crippen LogP contribution in [0.4, 0.5) is 0 Å². The third-order valence-corrected chi connectivity index (χ3v) is 9.51. The lowest BCUT2D eigenvalue weighted by Gasteiger charge is -2.29. The van der Waals surface area contributed by atoms with Crippen LogP contribution >= 0.6 is 0 Å². The van der Waals surface area contributed by atoms with Gasteiger partial charge in [0.15, 0.2) is 0 Å². The summed E-state index contributed by atoms with van der Waals surface area (Å²) in [5.74, 6) is -5.41. The van der Waals surface area contributed by atoms with Gasteiger partial charge in [0.25, 0.3) is 0 Å². The molecule has 0 unspecified atom stereocenters. The van der Waals surface area contributed by atoms with E-state index in [1.165, 1.54) is 12.5 Å². The number of hydrogen-bond acceptors (Lipinski definition) is 9. The molecular formula is C38H57N9O8. The number of aromatic nitrogens is 2. The summed E-state index contributed by atoms with van der Waals surface area (Å²) >= 11 is 0. The minimum absolute atomic E-state index is 0.0435. The maximum Gasteiger partial charge on any atom is 0.303 e. The third-order valence-electron chi connectivity index (χ3n) is 9.51. The van der Waals surface area contributed by atoms with E-state index in [2.05, 4.69) is 41.9 Å². The number of nitrogens with one attached hydrogen (secondary N) is 7. The Hall–Kier alpha value is -5.32. The summed E-state index contributed by atoms with van der Waals surface area (Å²) in [6.07, 6.45) is 4.79. The molecule has 1 saturated heterocycles. The number of benzene rings is 1. The van der Waals surface area contributed by atoms with Crippen LogP contribution in [0.3, 0.4) is 0 Å². The van der Waals surface area contributed by atoms with Gasteiger partial charge >= 0.3 is 5.97 Å². The number of hydrogen-bond donors (Lipinski definition) is 9. The Kier molecular flexibility index (Phi) is 17.8. The molecule has 2 heterocycles. The van der Waals surface area contributed by atoms with Crippen molar-refractivity contribution in [2.45, 2.75) is 122 Å². The normalized spacial score (nSPS) is 17.6. The minimum Gasteiger partial charge on any atom is -0.481 e. The van der Waals surface area contributed by atoms with Gasteiger partial charge in [-0.05, 0) is 55.9 Å². The Balaban J connectivity index is 1.81. The van der Waals surface area contributed by atoms with Crippen molar-refractivity contribution in [1.82, 2.24) is 41.9 Å². The van der Waals surface area contributed by atoms with Crippen LogP contribution in [0.15, 0.2) is 42.9 Å². The number of carbonyl (C=O) groups is 7. The lowest BCUT2D eigenvalue weighted by atomic mass is 9.96. The number of aromatic amines is 1.